The molecule has 1 fully saturated rings. The Kier molecular flexibility index (Phi) is 3.00. The Morgan fingerprint density at radius 3 is 2.33 bits per heavy atom. The zero-order valence-electron chi connectivity index (χ0n) is 12.2. The maximum absolute atomic E-state index is 2.50. The van der Waals surface area contributed by atoms with E-state index < -0.39 is 0 Å². The summed E-state index contributed by atoms with van der Waals surface area (Å²) >= 11 is 0. The topological polar surface area (TPSA) is 0 Å². The highest BCUT2D eigenvalue weighted by molar-refractivity contribution is 5.36. The molecule has 0 nitrogen and oxygen atoms in total. The lowest BCUT2D eigenvalue weighted by Gasteiger charge is -2.32. The van der Waals surface area contributed by atoms with Gasteiger partial charge in [-0.2, -0.15) is 0 Å². The van der Waals surface area contributed by atoms with Crippen molar-refractivity contribution in [3.8, 4) is 0 Å². The molecule has 0 spiro atoms. The lowest BCUT2D eigenvalue weighted by molar-refractivity contribution is 0.262. The third-order valence-corrected chi connectivity index (χ3v) is 5.38. The first-order chi connectivity index (χ1) is 8.58. The van der Waals surface area contributed by atoms with Crippen molar-refractivity contribution in [1.82, 2.24) is 0 Å². The molecular formula is C18H26. The minimum atomic E-state index is 0.713. The number of hydrogen-bond donors (Lipinski definition) is 0. The van der Waals surface area contributed by atoms with Crippen molar-refractivity contribution < 1.29 is 0 Å². The molecule has 0 heteroatoms. The van der Waals surface area contributed by atoms with Gasteiger partial charge in [-0.05, 0) is 48.3 Å². The molecule has 18 heavy (non-hydrogen) atoms. The average molecular weight is 242 g/mol. The molecule has 3 aliphatic rings. The van der Waals surface area contributed by atoms with E-state index >= 15 is 0 Å². The Bertz CT molecular complexity index is 419. The number of rotatable bonds is 3. The highest BCUT2D eigenvalue weighted by Gasteiger charge is 2.47. The van der Waals surface area contributed by atoms with Crippen molar-refractivity contribution in [2.24, 2.45) is 35.5 Å². The monoisotopic (exact) mass is 242 g/mol. The van der Waals surface area contributed by atoms with Crippen molar-refractivity contribution in [3.63, 3.8) is 0 Å². The second-order valence-corrected chi connectivity index (χ2v) is 7.11. The largest absolute Gasteiger partial charge is 0.0848 e. The van der Waals surface area contributed by atoms with Gasteiger partial charge >= 0.3 is 0 Å². The maximum Gasteiger partial charge on any atom is -0.00965 e. The molecule has 0 aromatic rings. The Morgan fingerprint density at radius 1 is 1.00 bits per heavy atom. The van der Waals surface area contributed by atoms with Crippen molar-refractivity contribution >= 4 is 0 Å². The van der Waals surface area contributed by atoms with E-state index in [0.29, 0.717) is 5.92 Å². The van der Waals surface area contributed by atoms with Gasteiger partial charge in [0, 0.05) is 0 Å². The molecular weight excluding hydrogens is 216 g/mol. The van der Waals surface area contributed by atoms with Crippen LogP contribution in [-0.4, -0.2) is 0 Å². The standard InChI is InChI=1S/C18H26/c1-11(2)13-5-6-15(9-13)18-16-8-7-14(10-16)17(18)12(3)4/h5-8,11-12,14,16-18H,9-10H2,1-4H3. The molecule has 0 aromatic carbocycles. The summed E-state index contributed by atoms with van der Waals surface area (Å²) in [7, 11) is 0. The third kappa shape index (κ3) is 1.81. The molecule has 0 heterocycles. The molecule has 2 bridgehead atoms. The normalized spacial score (nSPS) is 37.9. The summed E-state index contributed by atoms with van der Waals surface area (Å²) in [4.78, 5) is 0. The molecule has 1 saturated carbocycles. The van der Waals surface area contributed by atoms with E-state index in [1.165, 1.54) is 12.8 Å². The molecule has 4 atom stereocenters. The smallest absolute Gasteiger partial charge is 0.00965 e. The van der Waals surface area contributed by atoms with Gasteiger partial charge in [0.2, 0.25) is 0 Å². The van der Waals surface area contributed by atoms with Crippen LogP contribution in [0.5, 0.6) is 0 Å². The van der Waals surface area contributed by atoms with Gasteiger partial charge in [-0.25, -0.2) is 0 Å². The van der Waals surface area contributed by atoms with Crippen molar-refractivity contribution in [3.05, 3.63) is 35.5 Å². The predicted octanol–water partition coefficient (Wildman–Crippen LogP) is 4.99. The van der Waals surface area contributed by atoms with Crippen LogP contribution in [0.2, 0.25) is 0 Å². The molecule has 3 aliphatic carbocycles. The molecule has 98 valence electrons. The molecule has 0 radical (unpaired) electrons. The van der Waals surface area contributed by atoms with E-state index in [1.807, 2.05) is 0 Å². The fourth-order valence-electron chi connectivity index (χ4n) is 4.48. The summed E-state index contributed by atoms with van der Waals surface area (Å²) in [5.74, 6) is 4.97. The first kappa shape index (κ1) is 12.3. The van der Waals surface area contributed by atoms with E-state index in [-0.39, 0.29) is 0 Å². The number of hydrogen-bond acceptors (Lipinski definition) is 0. The highest BCUT2D eigenvalue weighted by Crippen LogP contribution is 2.55. The summed E-state index contributed by atoms with van der Waals surface area (Å²) < 4.78 is 0. The van der Waals surface area contributed by atoms with Gasteiger partial charge in [-0.15, -0.1) is 0 Å². The quantitative estimate of drug-likeness (QED) is 0.611. The Morgan fingerprint density at radius 2 is 1.72 bits per heavy atom. The minimum Gasteiger partial charge on any atom is -0.0848 e. The Hall–Kier alpha value is -0.780. The van der Waals surface area contributed by atoms with Crippen LogP contribution >= 0.6 is 0 Å². The first-order valence-corrected chi connectivity index (χ1v) is 7.65. The second kappa shape index (κ2) is 4.40. The van der Waals surface area contributed by atoms with Gasteiger partial charge < -0.3 is 0 Å². The van der Waals surface area contributed by atoms with E-state index in [1.54, 1.807) is 11.1 Å². The van der Waals surface area contributed by atoms with Gasteiger partial charge in [-0.1, -0.05) is 63.1 Å². The summed E-state index contributed by atoms with van der Waals surface area (Å²) in [6, 6.07) is 0. The van der Waals surface area contributed by atoms with Crippen LogP contribution in [0.4, 0.5) is 0 Å². The van der Waals surface area contributed by atoms with Gasteiger partial charge in [0.25, 0.3) is 0 Å². The van der Waals surface area contributed by atoms with Crippen LogP contribution < -0.4 is 0 Å². The lowest BCUT2D eigenvalue weighted by Crippen LogP contribution is -2.25. The SMILES string of the molecule is CC(C)C1=CC=C(C2C3C=CC(C3)C2C(C)C)C1. The van der Waals surface area contributed by atoms with Gasteiger partial charge in [0.15, 0.2) is 0 Å². The van der Waals surface area contributed by atoms with E-state index in [2.05, 4.69) is 52.0 Å². The zero-order valence-corrected chi connectivity index (χ0v) is 12.2. The van der Waals surface area contributed by atoms with Gasteiger partial charge in [-0.3, -0.25) is 0 Å². The highest BCUT2D eigenvalue weighted by atomic mass is 14.5. The molecule has 0 N–H and O–H groups in total. The average Bonchev–Trinajstić information content (AvgIpc) is 3.02. The Labute approximate surface area is 112 Å². The molecule has 0 amide bonds. The van der Waals surface area contributed by atoms with Crippen molar-refractivity contribution in [1.29, 1.82) is 0 Å². The Balaban J connectivity index is 1.79. The fraction of sp³-hybridized carbons (Fsp3) is 0.667. The van der Waals surface area contributed by atoms with Crippen LogP contribution in [0.15, 0.2) is 35.5 Å². The lowest BCUT2D eigenvalue weighted by atomic mass is 9.72. The van der Waals surface area contributed by atoms with Crippen LogP contribution in [0.3, 0.4) is 0 Å². The van der Waals surface area contributed by atoms with Crippen LogP contribution in [0.25, 0.3) is 0 Å². The maximum atomic E-state index is 2.50. The van der Waals surface area contributed by atoms with E-state index in [4.69, 9.17) is 0 Å². The molecule has 0 aliphatic heterocycles. The van der Waals surface area contributed by atoms with Crippen LogP contribution in [0.1, 0.15) is 40.5 Å². The molecule has 0 saturated heterocycles. The van der Waals surface area contributed by atoms with E-state index in [9.17, 15) is 0 Å². The van der Waals surface area contributed by atoms with Crippen LogP contribution in [0, 0.1) is 35.5 Å². The minimum absolute atomic E-state index is 0.713. The van der Waals surface area contributed by atoms with E-state index in [0.717, 1.165) is 29.6 Å². The molecule has 4 unspecified atom stereocenters. The fourth-order valence-corrected chi connectivity index (χ4v) is 4.48. The summed E-state index contributed by atoms with van der Waals surface area (Å²) in [5.41, 5.74) is 3.37. The number of allylic oxidation sites excluding steroid dienone is 6. The summed E-state index contributed by atoms with van der Waals surface area (Å²) in [5, 5.41) is 0. The predicted molar refractivity (Wildman–Crippen MR) is 78.2 cm³/mol. The number of fused-ring (bicyclic) bond motifs is 2. The third-order valence-electron chi connectivity index (χ3n) is 5.38. The first-order valence-electron chi connectivity index (χ1n) is 7.65. The van der Waals surface area contributed by atoms with Gasteiger partial charge in [0.1, 0.15) is 0 Å². The van der Waals surface area contributed by atoms with Gasteiger partial charge in [0.05, 0.1) is 0 Å². The summed E-state index contributed by atoms with van der Waals surface area (Å²) in [6.07, 6.45) is 12.5. The van der Waals surface area contributed by atoms with Crippen molar-refractivity contribution in [2.45, 2.75) is 40.5 Å². The summed E-state index contributed by atoms with van der Waals surface area (Å²) in [6.45, 7) is 9.48. The van der Waals surface area contributed by atoms with Crippen molar-refractivity contribution in [2.75, 3.05) is 0 Å². The second-order valence-electron chi connectivity index (χ2n) is 7.11. The van der Waals surface area contributed by atoms with Crippen LogP contribution in [-0.2, 0) is 0 Å². The molecule has 3 rings (SSSR count). The molecule has 0 aromatic heterocycles. The zero-order chi connectivity index (χ0) is 12.9.